The molecular formula is C35H41ClN2O7. The van der Waals surface area contributed by atoms with E-state index in [9.17, 15) is 19.8 Å². The van der Waals surface area contributed by atoms with E-state index < -0.39 is 17.9 Å². The van der Waals surface area contributed by atoms with Crippen molar-refractivity contribution in [3.63, 3.8) is 0 Å². The molecule has 2 aliphatic rings. The third-order valence-electron chi connectivity index (χ3n) is 8.68. The van der Waals surface area contributed by atoms with Crippen LogP contribution in [0.4, 0.5) is 0 Å². The summed E-state index contributed by atoms with van der Waals surface area (Å²) in [6, 6.07) is 23.0. The number of benzene rings is 3. The summed E-state index contributed by atoms with van der Waals surface area (Å²) in [4.78, 5) is 25.1. The van der Waals surface area contributed by atoms with Crippen LogP contribution in [0.5, 0.6) is 0 Å². The number of carboxylic acids is 1. The Morgan fingerprint density at radius 2 is 1.53 bits per heavy atom. The Labute approximate surface area is 268 Å². The molecule has 0 radical (unpaired) electrons. The lowest BCUT2D eigenvalue weighted by atomic mass is 9.84. The normalized spacial score (nSPS) is 21.7. The smallest absolute Gasteiger partial charge is 0.303 e. The number of carbonyl (C=O) groups excluding carboxylic acids is 1. The van der Waals surface area contributed by atoms with Crippen LogP contribution in [0.3, 0.4) is 0 Å². The first-order valence-electron chi connectivity index (χ1n) is 15.5. The van der Waals surface area contributed by atoms with E-state index in [0.717, 1.165) is 40.9 Å². The van der Waals surface area contributed by atoms with Gasteiger partial charge < -0.3 is 35.0 Å². The molecule has 0 unspecified atom stereocenters. The first kappa shape index (κ1) is 33.1. The van der Waals surface area contributed by atoms with Gasteiger partial charge in [0.25, 0.3) is 0 Å². The van der Waals surface area contributed by atoms with Gasteiger partial charge in [-0.05, 0) is 53.6 Å². The van der Waals surface area contributed by atoms with Gasteiger partial charge in [-0.3, -0.25) is 9.59 Å². The fourth-order valence-electron chi connectivity index (χ4n) is 5.96. The average molecular weight is 637 g/mol. The average Bonchev–Trinajstić information content (AvgIpc) is 3.05. The van der Waals surface area contributed by atoms with Crippen molar-refractivity contribution in [1.82, 2.24) is 10.2 Å². The second-order valence-corrected chi connectivity index (χ2v) is 12.4. The van der Waals surface area contributed by atoms with E-state index in [4.69, 9.17) is 26.2 Å². The zero-order chi connectivity index (χ0) is 31.8. The van der Waals surface area contributed by atoms with Gasteiger partial charge in [0.05, 0.1) is 24.4 Å². The van der Waals surface area contributed by atoms with E-state index in [1.807, 2.05) is 72.8 Å². The number of amides is 1. The van der Waals surface area contributed by atoms with Crippen LogP contribution in [0.15, 0.2) is 72.8 Å². The van der Waals surface area contributed by atoms with Crippen molar-refractivity contribution in [2.24, 2.45) is 0 Å². The Morgan fingerprint density at radius 1 is 0.889 bits per heavy atom. The second kappa shape index (κ2) is 15.3. The molecule has 4 N–H and O–H groups in total. The molecule has 5 rings (SSSR count). The number of ether oxygens (including phenoxy) is 2. The summed E-state index contributed by atoms with van der Waals surface area (Å²) in [5, 5.41) is 33.1. The van der Waals surface area contributed by atoms with Crippen LogP contribution in [-0.2, 0) is 37.8 Å². The van der Waals surface area contributed by atoms with Crippen molar-refractivity contribution in [3.05, 3.63) is 106 Å². The van der Waals surface area contributed by atoms with Crippen molar-refractivity contribution in [3.8, 4) is 0 Å². The third-order valence-corrected chi connectivity index (χ3v) is 8.93. The highest BCUT2D eigenvalue weighted by Gasteiger charge is 2.37. The van der Waals surface area contributed by atoms with Crippen LogP contribution < -0.4 is 5.32 Å². The number of aliphatic hydroxyl groups is 2. The van der Waals surface area contributed by atoms with Crippen LogP contribution in [0.2, 0.25) is 5.02 Å². The first-order valence-corrected chi connectivity index (χ1v) is 15.9. The van der Waals surface area contributed by atoms with Gasteiger partial charge in [-0.25, -0.2) is 0 Å². The van der Waals surface area contributed by atoms with Crippen molar-refractivity contribution in [1.29, 1.82) is 0 Å². The minimum Gasteiger partial charge on any atom is -0.481 e. The zero-order valence-corrected chi connectivity index (χ0v) is 26.0. The number of nitrogens with one attached hydrogen (secondary N) is 1. The van der Waals surface area contributed by atoms with Crippen molar-refractivity contribution < 1.29 is 34.4 Å². The van der Waals surface area contributed by atoms with Crippen molar-refractivity contribution >= 4 is 23.5 Å². The van der Waals surface area contributed by atoms with Crippen LogP contribution in [0.1, 0.15) is 78.7 Å². The SMILES string of the molecule is O=C(O)CCCC(=O)NCc1ccc([C@@H]2O[C@H](CN3CCC(O)(c4ccc(Cl)cc4)CC3)C[C@H](c3ccc(CO)cc3)O2)cc1. The Bertz CT molecular complexity index is 1410. The van der Waals surface area contributed by atoms with Gasteiger partial charge in [-0.2, -0.15) is 0 Å². The molecule has 1 amide bonds. The van der Waals surface area contributed by atoms with Gasteiger partial charge >= 0.3 is 5.97 Å². The lowest BCUT2D eigenvalue weighted by Crippen LogP contribution is -2.46. The molecule has 10 heteroatoms. The van der Waals surface area contributed by atoms with Crippen LogP contribution in [0, 0.1) is 0 Å². The van der Waals surface area contributed by atoms with Crippen LogP contribution in [0.25, 0.3) is 0 Å². The number of likely N-dealkylation sites (tertiary alicyclic amines) is 1. The second-order valence-electron chi connectivity index (χ2n) is 12.0. The van der Waals surface area contributed by atoms with Crippen molar-refractivity contribution in [2.45, 2.75) is 75.8 Å². The highest BCUT2D eigenvalue weighted by atomic mass is 35.5. The highest BCUT2D eigenvalue weighted by molar-refractivity contribution is 6.30. The Hall–Kier alpha value is -3.31. The Morgan fingerprint density at radius 3 is 2.18 bits per heavy atom. The number of hydrogen-bond acceptors (Lipinski definition) is 7. The predicted octanol–water partition coefficient (Wildman–Crippen LogP) is 5.23. The third kappa shape index (κ3) is 9.13. The summed E-state index contributed by atoms with van der Waals surface area (Å²) < 4.78 is 13.0. The lowest BCUT2D eigenvalue weighted by Gasteiger charge is -2.42. The quantitative estimate of drug-likeness (QED) is 0.213. The van der Waals surface area contributed by atoms with Crippen molar-refractivity contribution in [2.75, 3.05) is 19.6 Å². The van der Waals surface area contributed by atoms with Gasteiger partial charge in [0.1, 0.15) is 0 Å². The van der Waals surface area contributed by atoms with E-state index in [1.165, 1.54) is 0 Å². The van der Waals surface area contributed by atoms with E-state index in [-0.39, 0.29) is 37.6 Å². The maximum absolute atomic E-state index is 12.1. The van der Waals surface area contributed by atoms with Gasteiger partial charge in [-0.1, -0.05) is 72.3 Å². The molecule has 2 heterocycles. The van der Waals surface area contributed by atoms with Gasteiger partial charge in [-0.15, -0.1) is 0 Å². The number of piperidine rings is 1. The number of halogens is 1. The number of aliphatic hydroxyl groups excluding tert-OH is 1. The summed E-state index contributed by atoms with van der Waals surface area (Å²) >= 11 is 6.06. The molecule has 2 fully saturated rings. The highest BCUT2D eigenvalue weighted by Crippen LogP contribution is 2.39. The number of hydrogen-bond donors (Lipinski definition) is 4. The summed E-state index contributed by atoms with van der Waals surface area (Å²) in [7, 11) is 0. The van der Waals surface area contributed by atoms with E-state index >= 15 is 0 Å². The minimum absolute atomic E-state index is 0.0212. The number of carboxylic acid groups (broad SMARTS) is 1. The molecule has 0 aromatic heterocycles. The standard InChI is InChI=1S/C35H41ClN2O7/c36-29-14-12-28(13-15-29)35(43)16-18-38(19-17-35)22-30-20-31(26-8-6-25(23-39)7-9-26)45-34(44-30)27-10-4-24(5-11-27)21-37-32(40)2-1-3-33(41)42/h4-15,30-31,34,39,43H,1-3,16-23H2,(H,37,40)(H,41,42)/t30-,31+,34+/m0/s1. The maximum Gasteiger partial charge on any atom is 0.303 e. The largest absolute Gasteiger partial charge is 0.481 e. The minimum atomic E-state index is -0.908. The molecule has 0 aliphatic carbocycles. The summed E-state index contributed by atoms with van der Waals surface area (Å²) in [5.41, 5.74) is 3.64. The summed E-state index contributed by atoms with van der Waals surface area (Å²) in [6.45, 7) is 2.49. The van der Waals surface area contributed by atoms with Gasteiger partial charge in [0.15, 0.2) is 6.29 Å². The molecule has 3 atom stereocenters. The summed E-state index contributed by atoms with van der Waals surface area (Å²) in [6.07, 6.45) is 1.44. The molecule has 2 aliphatic heterocycles. The van der Waals surface area contributed by atoms with E-state index in [0.29, 0.717) is 43.8 Å². The lowest BCUT2D eigenvalue weighted by molar-refractivity contribution is -0.253. The number of nitrogens with zero attached hydrogens (tertiary/aromatic N) is 1. The number of rotatable bonds is 12. The maximum atomic E-state index is 12.1. The monoisotopic (exact) mass is 636 g/mol. The number of aliphatic carboxylic acids is 1. The zero-order valence-electron chi connectivity index (χ0n) is 25.2. The molecular weight excluding hydrogens is 596 g/mol. The molecule has 0 saturated carbocycles. The fraction of sp³-hybridized carbons (Fsp3) is 0.429. The molecule has 0 spiro atoms. The van der Waals surface area contributed by atoms with Crippen LogP contribution in [-0.4, -0.2) is 57.8 Å². The fourth-order valence-corrected chi connectivity index (χ4v) is 6.08. The molecule has 45 heavy (non-hydrogen) atoms. The molecule has 3 aromatic carbocycles. The Balaban J connectivity index is 1.22. The van der Waals surface area contributed by atoms with Crippen LogP contribution >= 0.6 is 11.6 Å². The molecule has 3 aromatic rings. The van der Waals surface area contributed by atoms with Gasteiger partial charge in [0.2, 0.25) is 5.91 Å². The topological polar surface area (TPSA) is 129 Å². The predicted molar refractivity (Wildman–Crippen MR) is 169 cm³/mol. The molecule has 2 saturated heterocycles. The first-order chi connectivity index (χ1) is 21.7. The molecule has 240 valence electrons. The van der Waals surface area contributed by atoms with Gasteiger partial charge in [0, 0.05) is 56.0 Å². The van der Waals surface area contributed by atoms with E-state index in [1.54, 1.807) is 0 Å². The molecule has 9 nitrogen and oxygen atoms in total. The Kier molecular flexibility index (Phi) is 11.3. The van der Waals surface area contributed by atoms with E-state index in [2.05, 4.69) is 10.2 Å². The number of carbonyl (C=O) groups is 2. The summed E-state index contributed by atoms with van der Waals surface area (Å²) in [5.74, 6) is -1.09. The molecule has 0 bridgehead atoms.